The van der Waals surface area contributed by atoms with Gasteiger partial charge in [-0.1, -0.05) is 29.8 Å². The van der Waals surface area contributed by atoms with Crippen LogP contribution in [0.15, 0.2) is 41.2 Å². The van der Waals surface area contributed by atoms with Gasteiger partial charge in [0.15, 0.2) is 0 Å². The predicted molar refractivity (Wildman–Crippen MR) is 126 cm³/mol. The van der Waals surface area contributed by atoms with Crippen LogP contribution in [0.25, 0.3) is 0 Å². The van der Waals surface area contributed by atoms with Crippen molar-refractivity contribution in [3.05, 3.63) is 69.1 Å². The molecule has 1 N–H and O–H groups in total. The molecule has 3 aliphatic rings. The normalized spacial score (nSPS) is 20.4. The van der Waals surface area contributed by atoms with Gasteiger partial charge in [0.25, 0.3) is 23.3 Å². The standard InChI is InChI=1S/C24H26F2N4O5S/c1-16-2-4-17(5-3-16)12-27-20(31)18-6-7-19-22(33)28(10-11-30(19)21(18)32)13-23(8-9-23)36(34,35)29-14-24(25,26)15-29/h2-7H,8-15H2,1H3,(H,27,31). The van der Waals surface area contributed by atoms with Crippen molar-refractivity contribution in [1.29, 1.82) is 0 Å². The Labute approximate surface area is 206 Å². The fourth-order valence-electron chi connectivity index (χ4n) is 4.68. The van der Waals surface area contributed by atoms with E-state index >= 15 is 0 Å². The molecule has 0 unspecified atom stereocenters. The summed E-state index contributed by atoms with van der Waals surface area (Å²) in [5, 5.41) is 2.71. The van der Waals surface area contributed by atoms with Crippen molar-refractivity contribution in [1.82, 2.24) is 19.1 Å². The van der Waals surface area contributed by atoms with Crippen LogP contribution in [0.3, 0.4) is 0 Å². The van der Waals surface area contributed by atoms with Crippen LogP contribution in [0.5, 0.6) is 0 Å². The largest absolute Gasteiger partial charge is 0.348 e. The highest BCUT2D eigenvalue weighted by atomic mass is 32.2. The molecule has 0 radical (unpaired) electrons. The number of pyridine rings is 1. The molecule has 9 nitrogen and oxygen atoms in total. The van der Waals surface area contributed by atoms with Gasteiger partial charge >= 0.3 is 0 Å². The zero-order valence-corrected chi connectivity index (χ0v) is 20.5. The third-order valence-corrected chi connectivity index (χ3v) is 9.65. The summed E-state index contributed by atoms with van der Waals surface area (Å²) in [6.45, 7) is 0.575. The maximum absolute atomic E-state index is 13.3. The highest BCUT2D eigenvalue weighted by Crippen LogP contribution is 2.48. The molecule has 2 aliphatic heterocycles. The first kappa shape index (κ1) is 24.6. The monoisotopic (exact) mass is 520 g/mol. The molecular weight excluding hydrogens is 494 g/mol. The number of fused-ring (bicyclic) bond motifs is 1. The number of hydrogen-bond donors (Lipinski definition) is 1. The molecule has 5 rings (SSSR count). The summed E-state index contributed by atoms with van der Waals surface area (Å²) < 4.78 is 53.1. The Morgan fingerprint density at radius 2 is 1.69 bits per heavy atom. The van der Waals surface area contributed by atoms with Crippen LogP contribution in [0, 0.1) is 6.92 Å². The summed E-state index contributed by atoms with van der Waals surface area (Å²) in [6, 6.07) is 10.3. The molecule has 0 bridgehead atoms. The van der Waals surface area contributed by atoms with Gasteiger partial charge in [-0.3, -0.25) is 14.4 Å². The summed E-state index contributed by atoms with van der Waals surface area (Å²) in [7, 11) is -3.98. The number of sulfonamides is 1. The molecule has 3 heterocycles. The molecule has 2 aromatic rings. The van der Waals surface area contributed by atoms with E-state index in [2.05, 4.69) is 5.32 Å². The number of nitrogens with one attached hydrogen (secondary N) is 1. The number of carbonyl (C=O) groups excluding carboxylic acids is 2. The highest BCUT2D eigenvalue weighted by Gasteiger charge is 2.62. The van der Waals surface area contributed by atoms with Crippen LogP contribution in [-0.2, 0) is 23.1 Å². The maximum Gasteiger partial charge on any atom is 0.275 e. The van der Waals surface area contributed by atoms with Gasteiger partial charge < -0.3 is 14.8 Å². The van der Waals surface area contributed by atoms with Crippen LogP contribution in [0.4, 0.5) is 8.78 Å². The van der Waals surface area contributed by atoms with Gasteiger partial charge in [0.2, 0.25) is 10.0 Å². The number of aryl methyl sites for hydroxylation is 1. The van der Waals surface area contributed by atoms with Crippen LogP contribution >= 0.6 is 0 Å². The van der Waals surface area contributed by atoms with Gasteiger partial charge in [-0.2, -0.15) is 4.31 Å². The SMILES string of the molecule is Cc1ccc(CNC(=O)c2ccc3n(c2=O)CCN(CC2(S(=O)(=O)N4CC(F)(F)C4)CC2)C3=O)cc1. The van der Waals surface area contributed by atoms with Gasteiger partial charge in [0.1, 0.15) is 16.0 Å². The van der Waals surface area contributed by atoms with E-state index in [-0.39, 0.29) is 50.3 Å². The van der Waals surface area contributed by atoms with E-state index in [0.717, 1.165) is 15.4 Å². The van der Waals surface area contributed by atoms with Crippen molar-refractivity contribution < 1.29 is 26.8 Å². The lowest BCUT2D eigenvalue weighted by Gasteiger charge is -2.41. The Bertz CT molecular complexity index is 1390. The minimum atomic E-state index is -3.98. The lowest BCUT2D eigenvalue weighted by molar-refractivity contribution is -0.0950. The van der Waals surface area contributed by atoms with Gasteiger partial charge in [-0.25, -0.2) is 17.2 Å². The van der Waals surface area contributed by atoms with Crippen molar-refractivity contribution in [2.45, 2.75) is 43.5 Å². The number of benzene rings is 1. The number of aromatic nitrogens is 1. The molecule has 1 aliphatic carbocycles. The van der Waals surface area contributed by atoms with Crippen LogP contribution in [0.2, 0.25) is 0 Å². The topological polar surface area (TPSA) is 109 Å². The van der Waals surface area contributed by atoms with Crippen molar-refractivity contribution in [3.63, 3.8) is 0 Å². The lowest BCUT2D eigenvalue weighted by atomic mass is 10.1. The first-order chi connectivity index (χ1) is 16.9. The van der Waals surface area contributed by atoms with Gasteiger partial charge in [0.05, 0.1) is 13.1 Å². The summed E-state index contributed by atoms with van der Waals surface area (Å²) >= 11 is 0. The van der Waals surface area contributed by atoms with E-state index in [1.807, 2.05) is 31.2 Å². The van der Waals surface area contributed by atoms with E-state index in [1.165, 1.54) is 21.6 Å². The highest BCUT2D eigenvalue weighted by molar-refractivity contribution is 7.90. The number of alkyl halides is 2. The van der Waals surface area contributed by atoms with Crippen molar-refractivity contribution >= 4 is 21.8 Å². The van der Waals surface area contributed by atoms with Crippen LogP contribution < -0.4 is 10.9 Å². The Balaban J connectivity index is 1.28. The number of nitrogens with zero attached hydrogens (tertiary/aromatic N) is 3. The van der Waals surface area contributed by atoms with E-state index in [9.17, 15) is 31.6 Å². The van der Waals surface area contributed by atoms with Crippen LogP contribution in [0.1, 0.15) is 44.8 Å². The molecule has 12 heteroatoms. The fourth-order valence-corrected chi connectivity index (χ4v) is 6.88. The number of rotatable bonds is 7. The Hall–Kier alpha value is -3.12. The molecule has 2 fully saturated rings. The fraction of sp³-hybridized carbons (Fsp3) is 0.458. The second-order valence-electron chi connectivity index (χ2n) is 9.80. The maximum atomic E-state index is 13.3. The Kier molecular flexibility index (Phi) is 5.79. The van der Waals surface area contributed by atoms with E-state index in [1.54, 1.807) is 0 Å². The molecule has 0 atom stereocenters. The third-order valence-electron chi connectivity index (χ3n) is 7.08. The van der Waals surface area contributed by atoms with E-state index < -0.39 is 51.2 Å². The summed E-state index contributed by atoms with van der Waals surface area (Å²) in [4.78, 5) is 40.1. The molecule has 192 valence electrons. The van der Waals surface area contributed by atoms with Gasteiger partial charge in [0, 0.05) is 26.2 Å². The first-order valence-corrected chi connectivity index (χ1v) is 13.1. The number of hydrogen-bond acceptors (Lipinski definition) is 5. The summed E-state index contributed by atoms with van der Waals surface area (Å²) in [6.07, 6.45) is 0.572. The third kappa shape index (κ3) is 4.21. The van der Waals surface area contributed by atoms with Crippen LogP contribution in [-0.4, -0.2) is 70.9 Å². The zero-order chi connectivity index (χ0) is 25.9. The molecule has 1 saturated carbocycles. The van der Waals surface area contributed by atoms with Crippen molar-refractivity contribution in [2.75, 3.05) is 26.2 Å². The molecule has 36 heavy (non-hydrogen) atoms. The molecule has 1 aromatic heterocycles. The minimum Gasteiger partial charge on any atom is -0.348 e. The smallest absolute Gasteiger partial charge is 0.275 e. The molecule has 2 amide bonds. The van der Waals surface area contributed by atoms with E-state index in [0.29, 0.717) is 0 Å². The average Bonchev–Trinajstić information content (AvgIpc) is 3.60. The number of amides is 2. The molecule has 1 saturated heterocycles. The predicted octanol–water partition coefficient (Wildman–Crippen LogP) is 1.36. The Morgan fingerprint density at radius 3 is 2.31 bits per heavy atom. The van der Waals surface area contributed by atoms with Crippen molar-refractivity contribution in [2.24, 2.45) is 0 Å². The second kappa shape index (κ2) is 8.48. The quantitative estimate of drug-likeness (QED) is 0.593. The lowest BCUT2D eigenvalue weighted by Crippen LogP contribution is -2.62. The number of halogens is 2. The zero-order valence-electron chi connectivity index (χ0n) is 19.7. The molecule has 0 spiro atoms. The van der Waals surface area contributed by atoms with Gasteiger partial charge in [-0.05, 0) is 37.5 Å². The summed E-state index contributed by atoms with van der Waals surface area (Å²) in [5.74, 6) is -4.10. The van der Waals surface area contributed by atoms with Gasteiger partial charge in [-0.15, -0.1) is 0 Å². The first-order valence-electron chi connectivity index (χ1n) is 11.7. The van der Waals surface area contributed by atoms with E-state index in [4.69, 9.17) is 0 Å². The number of carbonyl (C=O) groups is 2. The molecule has 1 aromatic carbocycles. The second-order valence-corrected chi connectivity index (χ2v) is 12.1. The summed E-state index contributed by atoms with van der Waals surface area (Å²) in [5.41, 5.74) is 1.34. The average molecular weight is 521 g/mol. The molecular formula is C24H26F2N4O5S. The Morgan fingerprint density at radius 1 is 1.03 bits per heavy atom. The minimum absolute atomic E-state index is 0.0602. The van der Waals surface area contributed by atoms with Crippen molar-refractivity contribution in [3.8, 4) is 0 Å².